The lowest BCUT2D eigenvalue weighted by atomic mass is 10.1. The van der Waals surface area contributed by atoms with Crippen LogP contribution in [0.15, 0.2) is 35.6 Å². The third kappa shape index (κ3) is 7.30. The third-order valence-corrected chi connectivity index (χ3v) is 4.06. The minimum absolute atomic E-state index is 0.535. The lowest BCUT2D eigenvalue weighted by Crippen LogP contribution is -2.37. The van der Waals surface area contributed by atoms with E-state index in [1.807, 2.05) is 17.8 Å². The first-order chi connectivity index (χ1) is 13.1. The van der Waals surface area contributed by atoms with E-state index < -0.39 is 0 Å². The molecule has 2 aromatic rings. The van der Waals surface area contributed by atoms with Gasteiger partial charge in [-0.25, -0.2) is 0 Å². The second kappa shape index (κ2) is 11.2. The van der Waals surface area contributed by atoms with Crippen LogP contribution in [0.1, 0.15) is 23.1 Å². The molecule has 0 bridgehead atoms. The topological polar surface area (TPSA) is 72.7 Å². The number of methoxy groups -OCH3 is 1. The Bertz CT molecular complexity index is 727. The van der Waals surface area contributed by atoms with Gasteiger partial charge in [-0.3, -0.25) is 9.67 Å². The number of nitrogens with zero attached hydrogens (tertiary/aromatic N) is 3. The second-order valence-electron chi connectivity index (χ2n) is 6.44. The van der Waals surface area contributed by atoms with Crippen LogP contribution in [0.4, 0.5) is 0 Å². The maximum atomic E-state index is 5.84. The van der Waals surface area contributed by atoms with E-state index in [4.69, 9.17) is 9.47 Å². The summed E-state index contributed by atoms with van der Waals surface area (Å²) < 4.78 is 12.9. The molecule has 0 fully saturated rings. The molecule has 1 aromatic carbocycles. The van der Waals surface area contributed by atoms with Crippen LogP contribution in [0.5, 0.6) is 5.75 Å². The number of ether oxygens (including phenoxy) is 2. The van der Waals surface area contributed by atoms with Gasteiger partial charge in [0.2, 0.25) is 0 Å². The molecule has 2 N–H and O–H groups in total. The van der Waals surface area contributed by atoms with E-state index in [9.17, 15) is 0 Å². The Kier molecular flexibility index (Phi) is 8.64. The molecule has 0 aliphatic carbocycles. The number of hydrogen-bond acceptors (Lipinski definition) is 4. The molecule has 0 saturated carbocycles. The molecule has 1 aromatic heterocycles. The number of benzene rings is 1. The van der Waals surface area contributed by atoms with Gasteiger partial charge in [0.25, 0.3) is 0 Å². The molecule has 7 nitrogen and oxygen atoms in total. The van der Waals surface area contributed by atoms with Crippen LogP contribution in [0.25, 0.3) is 0 Å². The van der Waals surface area contributed by atoms with Gasteiger partial charge in [0.15, 0.2) is 5.96 Å². The minimum atomic E-state index is 0.535. The van der Waals surface area contributed by atoms with Crippen LogP contribution in [0.3, 0.4) is 0 Å². The van der Waals surface area contributed by atoms with Crippen molar-refractivity contribution in [3.8, 4) is 5.75 Å². The van der Waals surface area contributed by atoms with Crippen LogP contribution < -0.4 is 15.4 Å². The summed E-state index contributed by atoms with van der Waals surface area (Å²) in [5.41, 5.74) is 3.44. The molecular formula is C20H31N5O2. The highest BCUT2D eigenvalue weighted by Crippen LogP contribution is 2.20. The molecule has 7 heteroatoms. The normalized spacial score (nSPS) is 11.5. The van der Waals surface area contributed by atoms with Crippen molar-refractivity contribution in [2.24, 2.45) is 4.99 Å². The Morgan fingerprint density at radius 2 is 2.04 bits per heavy atom. The van der Waals surface area contributed by atoms with E-state index >= 15 is 0 Å². The molecule has 0 radical (unpaired) electrons. The van der Waals surface area contributed by atoms with Gasteiger partial charge >= 0.3 is 0 Å². The first-order valence-electron chi connectivity index (χ1n) is 9.27. The van der Waals surface area contributed by atoms with E-state index in [0.29, 0.717) is 19.8 Å². The quantitative estimate of drug-likeness (QED) is 0.380. The van der Waals surface area contributed by atoms with E-state index in [0.717, 1.165) is 36.8 Å². The molecule has 0 spiro atoms. The molecule has 0 atom stereocenters. The molecule has 0 unspecified atom stereocenters. The van der Waals surface area contributed by atoms with Crippen LogP contribution >= 0.6 is 0 Å². The van der Waals surface area contributed by atoms with Crippen molar-refractivity contribution >= 4 is 5.96 Å². The third-order valence-electron chi connectivity index (χ3n) is 4.06. The van der Waals surface area contributed by atoms with Gasteiger partial charge in [-0.1, -0.05) is 12.1 Å². The molecule has 2 rings (SSSR count). The second-order valence-corrected chi connectivity index (χ2v) is 6.44. The first kappa shape index (κ1) is 20.8. The summed E-state index contributed by atoms with van der Waals surface area (Å²) in [5, 5.41) is 11.0. The lowest BCUT2D eigenvalue weighted by Gasteiger charge is -2.15. The van der Waals surface area contributed by atoms with E-state index in [2.05, 4.69) is 52.0 Å². The van der Waals surface area contributed by atoms with Crippen LogP contribution in [0, 0.1) is 13.8 Å². The Balaban J connectivity index is 1.79. The van der Waals surface area contributed by atoms with Crippen molar-refractivity contribution in [1.82, 2.24) is 20.4 Å². The predicted octanol–water partition coefficient (Wildman–Crippen LogP) is 2.28. The van der Waals surface area contributed by atoms with Gasteiger partial charge in [0.1, 0.15) is 12.4 Å². The number of nitrogens with one attached hydrogen (secondary N) is 2. The highest BCUT2D eigenvalue weighted by atomic mass is 16.5. The zero-order valence-electron chi connectivity index (χ0n) is 16.8. The van der Waals surface area contributed by atoms with Crippen molar-refractivity contribution in [2.75, 3.05) is 33.9 Å². The predicted molar refractivity (Wildman–Crippen MR) is 108 cm³/mol. The highest BCUT2D eigenvalue weighted by Gasteiger charge is 2.06. The summed E-state index contributed by atoms with van der Waals surface area (Å²) in [4.78, 5) is 4.29. The fourth-order valence-corrected chi connectivity index (χ4v) is 2.61. The maximum Gasteiger partial charge on any atom is 0.191 e. The van der Waals surface area contributed by atoms with Crippen LogP contribution in [-0.4, -0.2) is 49.7 Å². The molecular weight excluding hydrogens is 342 g/mol. The standard InChI is InChI=1S/C20H31N5O2/c1-16-6-7-18(19(12-16)27-11-10-26-4)14-23-20(21-3)22-8-5-9-25-15-17(2)13-24-25/h6-7,12-13,15H,5,8-11,14H2,1-4H3,(H2,21,22,23). The molecule has 0 amide bonds. The SMILES string of the molecule is CN=C(NCCCn1cc(C)cn1)NCc1ccc(C)cc1OCCOC. The number of aromatic nitrogens is 2. The van der Waals surface area contributed by atoms with Crippen molar-refractivity contribution < 1.29 is 9.47 Å². The lowest BCUT2D eigenvalue weighted by molar-refractivity contribution is 0.145. The summed E-state index contributed by atoms with van der Waals surface area (Å²) in [6.45, 7) is 7.55. The van der Waals surface area contributed by atoms with Crippen molar-refractivity contribution in [1.29, 1.82) is 0 Å². The summed E-state index contributed by atoms with van der Waals surface area (Å²) in [6, 6.07) is 6.22. The Labute approximate surface area is 161 Å². The Morgan fingerprint density at radius 1 is 1.19 bits per heavy atom. The van der Waals surface area contributed by atoms with Gasteiger partial charge in [0.05, 0.1) is 12.8 Å². The van der Waals surface area contributed by atoms with Crippen molar-refractivity contribution in [3.63, 3.8) is 0 Å². The molecule has 1 heterocycles. The molecule has 27 heavy (non-hydrogen) atoms. The van der Waals surface area contributed by atoms with E-state index in [1.54, 1.807) is 14.2 Å². The van der Waals surface area contributed by atoms with Gasteiger partial charge in [-0.15, -0.1) is 0 Å². The van der Waals surface area contributed by atoms with Crippen molar-refractivity contribution in [3.05, 3.63) is 47.3 Å². The maximum absolute atomic E-state index is 5.84. The number of aliphatic imine (C=N–C) groups is 1. The average molecular weight is 374 g/mol. The fourth-order valence-electron chi connectivity index (χ4n) is 2.61. The van der Waals surface area contributed by atoms with Gasteiger partial charge in [0, 0.05) is 45.6 Å². The van der Waals surface area contributed by atoms with Gasteiger partial charge in [-0.05, 0) is 37.5 Å². The van der Waals surface area contributed by atoms with Gasteiger partial charge < -0.3 is 20.1 Å². The number of hydrogen-bond donors (Lipinski definition) is 2. The average Bonchev–Trinajstić information content (AvgIpc) is 3.08. The highest BCUT2D eigenvalue weighted by molar-refractivity contribution is 5.79. The Morgan fingerprint density at radius 3 is 2.74 bits per heavy atom. The van der Waals surface area contributed by atoms with Crippen molar-refractivity contribution in [2.45, 2.75) is 33.4 Å². The fraction of sp³-hybridized carbons (Fsp3) is 0.500. The molecule has 0 saturated heterocycles. The molecule has 0 aliphatic heterocycles. The zero-order chi connectivity index (χ0) is 19.5. The zero-order valence-corrected chi connectivity index (χ0v) is 16.8. The molecule has 148 valence electrons. The monoisotopic (exact) mass is 373 g/mol. The number of rotatable bonds is 10. The molecule has 0 aliphatic rings. The summed E-state index contributed by atoms with van der Waals surface area (Å²) in [5.74, 6) is 1.65. The Hall–Kier alpha value is -2.54. The van der Waals surface area contributed by atoms with Gasteiger partial charge in [-0.2, -0.15) is 5.10 Å². The largest absolute Gasteiger partial charge is 0.491 e. The van der Waals surface area contributed by atoms with Crippen LogP contribution in [0.2, 0.25) is 0 Å². The minimum Gasteiger partial charge on any atom is -0.491 e. The van der Waals surface area contributed by atoms with E-state index in [1.165, 1.54) is 11.1 Å². The summed E-state index contributed by atoms with van der Waals surface area (Å²) in [6.07, 6.45) is 4.90. The van der Waals surface area contributed by atoms with E-state index in [-0.39, 0.29) is 0 Å². The number of aryl methyl sites for hydroxylation is 3. The number of guanidine groups is 1. The summed E-state index contributed by atoms with van der Waals surface area (Å²) in [7, 11) is 3.45. The smallest absolute Gasteiger partial charge is 0.191 e. The summed E-state index contributed by atoms with van der Waals surface area (Å²) >= 11 is 0. The van der Waals surface area contributed by atoms with Crippen LogP contribution in [-0.2, 0) is 17.8 Å². The first-order valence-corrected chi connectivity index (χ1v) is 9.27.